The van der Waals surface area contributed by atoms with Crippen molar-refractivity contribution in [3.63, 3.8) is 0 Å². The lowest BCUT2D eigenvalue weighted by Crippen LogP contribution is -2.42. The molecule has 0 bridgehead atoms. The molecule has 0 saturated carbocycles. The number of carbonyl (C=O) groups is 2. The average Bonchev–Trinajstić information content (AvgIpc) is 2.46. The summed E-state index contributed by atoms with van der Waals surface area (Å²) in [4.78, 5) is 27.4. The van der Waals surface area contributed by atoms with Crippen molar-refractivity contribution in [2.45, 2.75) is 40.7 Å². The molecule has 0 aliphatic rings. The smallest absolute Gasteiger partial charge is 0.240 e. The Labute approximate surface area is 133 Å². The number of hydrogen-bond acceptors (Lipinski definition) is 3. The van der Waals surface area contributed by atoms with Crippen molar-refractivity contribution in [3.05, 3.63) is 24.3 Å². The number of hydrogen-bond donors (Lipinski definition) is 1. The molecule has 0 atom stereocenters. The van der Waals surface area contributed by atoms with Gasteiger partial charge in [0.05, 0.1) is 0 Å². The quantitative estimate of drug-likeness (QED) is 0.841. The van der Waals surface area contributed by atoms with Crippen LogP contribution in [0.2, 0.25) is 0 Å². The van der Waals surface area contributed by atoms with Gasteiger partial charge in [0.2, 0.25) is 11.8 Å². The first-order valence-corrected chi connectivity index (χ1v) is 7.81. The third kappa shape index (κ3) is 5.06. The maximum atomic E-state index is 11.9. The van der Waals surface area contributed by atoms with Crippen LogP contribution in [-0.2, 0) is 9.59 Å². The van der Waals surface area contributed by atoms with E-state index in [0.717, 1.165) is 24.5 Å². The number of nitrogens with one attached hydrogen (secondary N) is 1. The summed E-state index contributed by atoms with van der Waals surface area (Å²) in [5.74, 6) is -0.299. The molecule has 0 spiro atoms. The van der Waals surface area contributed by atoms with Crippen molar-refractivity contribution >= 4 is 23.2 Å². The lowest BCUT2D eigenvalue weighted by molar-refractivity contribution is -0.123. The molecule has 5 heteroatoms. The topological polar surface area (TPSA) is 52.6 Å². The number of rotatable bonds is 7. The van der Waals surface area contributed by atoms with E-state index in [0.29, 0.717) is 0 Å². The largest absolute Gasteiger partial charge is 0.372 e. The van der Waals surface area contributed by atoms with Crippen LogP contribution in [-0.4, -0.2) is 37.5 Å². The van der Waals surface area contributed by atoms with Gasteiger partial charge in [-0.2, -0.15) is 0 Å². The normalized spacial score (nSPS) is 10.5. The van der Waals surface area contributed by atoms with Gasteiger partial charge in [0.15, 0.2) is 0 Å². The van der Waals surface area contributed by atoms with Crippen molar-refractivity contribution in [1.82, 2.24) is 5.32 Å². The van der Waals surface area contributed by atoms with Crippen molar-refractivity contribution in [2.24, 2.45) is 0 Å². The van der Waals surface area contributed by atoms with Crippen LogP contribution in [0.1, 0.15) is 34.6 Å². The minimum Gasteiger partial charge on any atom is -0.372 e. The fraction of sp³-hybridized carbons (Fsp3) is 0.529. The van der Waals surface area contributed by atoms with Gasteiger partial charge in [-0.15, -0.1) is 0 Å². The molecule has 1 aromatic rings. The summed E-state index contributed by atoms with van der Waals surface area (Å²) >= 11 is 0. The predicted molar refractivity (Wildman–Crippen MR) is 91.3 cm³/mol. The van der Waals surface area contributed by atoms with E-state index in [-0.39, 0.29) is 24.4 Å². The Hall–Kier alpha value is -2.04. The van der Waals surface area contributed by atoms with Gasteiger partial charge in [0.1, 0.15) is 6.54 Å². The van der Waals surface area contributed by atoms with Gasteiger partial charge in [-0.1, -0.05) is 0 Å². The molecule has 0 aromatic heterocycles. The first-order valence-electron chi connectivity index (χ1n) is 7.81. The highest BCUT2D eigenvalue weighted by atomic mass is 16.2. The molecule has 22 heavy (non-hydrogen) atoms. The molecule has 1 rings (SSSR count). The number of amides is 2. The molecule has 0 saturated heterocycles. The van der Waals surface area contributed by atoms with Gasteiger partial charge in [0.25, 0.3) is 0 Å². The molecular formula is C17H27N3O2. The lowest BCUT2D eigenvalue weighted by Gasteiger charge is -2.24. The van der Waals surface area contributed by atoms with E-state index in [4.69, 9.17) is 0 Å². The van der Waals surface area contributed by atoms with Crippen LogP contribution in [0, 0.1) is 0 Å². The first-order chi connectivity index (χ1) is 10.4. The van der Waals surface area contributed by atoms with E-state index in [1.165, 1.54) is 11.8 Å². The Morgan fingerprint density at radius 2 is 1.55 bits per heavy atom. The number of nitrogens with zero attached hydrogens (tertiary/aromatic N) is 2. The van der Waals surface area contributed by atoms with E-state index in [1.54, 1.807) is 0 Å². The van der Waals surface area contributed by atoms with Gasteiger partial charge in [-0.3, -0.25) is 9.59 Å². The summed E-state index contributed by atoms with van der Waals surface area (Å²) < 4.78 is 0. The SMILES string of the molecule is CCN(CC)c1ccc(N(CC(=O)NC(C)C)C(C)=O)cc1. The van der Waals surface area contributed by atoms with E-state index < -0.39 is 0 Å². The second-order valence-corrected chi connectivity index (χ2v) is 5.52. The number of benzene rings is 1. The Bertz CT molecular complexity index is 493. The Morgan fingerprint density at radius 1 is 1.05 bits per heavy atom. The third-order valence-electron chi connectivity index (χ3n) is 3.42. The van der Waals surface area contributed by atoms with E-state index in [2.05, 4.69) is 24.1 Å². The molecule has 0 heterocycles. The van der Waals surface area contributed by atoms with Gasteiger partial charge in [-0.05, 0) is 52.0 Å². The molecule has 0 fully saturated rings. The van der Waals surface area contributed by atoms with Gasteiger partial charge < -0.3 is 15.1 Å². The van der Waals surface area contributed by atoms with Gasteiger partial charge in [0, 0.05) is 37.4 Å². The predicted octanol–water partition coefficient (Wildman–Crippen LogP) is 2.41. The fourth-order valence-corrected chi connectivity index (χ4v) is 2.33. The van der Waals surface area contributed by atoms with Crippen molar-refractivity contribution < 1.29 is 9.59 Å². The molecule has 0 aliphatic heterocycles. The monoisotopic (exact) mass is 305 g/mol. The van der Waals surface area contributed by atoms with Crippen LogP contribution >= 0.6 is 0 Å². The minimum atomic E-state index is -0.155. The summed E-state index contributed by atoms with van der Waals surface area (Å²) in [6.07, 6.45) is 0. The van der Waals surface area contributed by atoms with Crippen molar-refractivity contribution in [2.75, 3.05) is 29.4 Å². The van der Waals surface area contributed by atoms with E-state index >= 15 is 0 Å². The maximum absolute atomic E-state index is 11.9. The first kappa shape index (κ1) is 18.0. The summed E-state index contributed by atoms with van der Waals surface area (Å²) in [5, 5.41) is 2.80. The van der Waals surface area contributed by atoms with E-state index in [9.17, 15) is 9.59 Å². The second kappa shape index (κ2) is 8.41. The summed E-state index contributed by atoms with van der Waals surface area (Å²) in [6.45, 7) is 11.4. The zero-order valence-corrected chi connectivity index (χ0v) is 14.2. The Kier molecular flexibility index (Phi) is 6.89. The fourth-order valence-electron chi connectivity index (χ4n) is 2.33. The summed E-state index contributed by atoms with van der Waals surface area (Å²) in [5.41, 5.74) is 1.85. The van der Waals surface area contributed by atoms with Crippen LogP contribution in [0.25, 0.3) is 0 Å². The van der Waals surface area contributed by atoms with Crippen molar-refractivity contribution in [3.8, 4) is 0 Å². The van der Waals surface area contributed by atoms with Crippen LogP contribution in [0.4, 0.5) is 11.4 Å². The number of anilines is 2. The highest BCUT2D eigenvalue weighted by molar-refractivity contribution is 5.97. The highest BCUT2D eigenvalue weighted by Gasteiger charge is 2.16. The molecule has 0 radical (unpaired) electrons. The summed E-state index contributed by atoms with van der Waals surface area (Å²) in [6, 6.07) is 7.80. The molecule has 0 aliphatic carbocycles. The Balaban J connectivity index is 2.88. The molecule has 5 nitrogen and oxygen atoms in total. The van der Waals surface area contributed by atoms with Crippen LogP contribution in [0.15, 0.2) is 24.3 Å². The molecular weight excluding hydrogens is 278 g/mol. The van der Waals surface area contributed by atoms with Crippen LogP contribution < -0.4 is 15.1 Å². The van der Waals surface area contributed by atoms with Crippen molar-refractivity contribution in [1.29, 1.82) is 0 Å². The zero-order valence-electron chi connectivity index (χ0n) is 14.2. The van der Waals surface area contributed by atoms with Crippen LogP contribution in [0.5, 0.6) is 0 Å². The third-order valence-corrected chi connectivity index (χ3v) is 3.42. The van der Waals surface area contributed by atoms with E-state index in [1.807, 2.05) is 38.1 Å². The molecule has 2 amide bonds. The van der Waals surface area contributed by atoms with Gasteiger partial charge >= 0.3 is 0 Å². The zero-order chi connectivity index (χ0) is 16.7. The standard InChI is InChI=1S/C17H27N3O2/c1-6-19(7-2)15-8-10-16(11-9-15)20(14(5)21)12-17(22)18-13(3)4/h8-11,13H,6-7,12H2,1-5H3,(H,18,22). The number of carbonyl (C=O) groups excluding carboxylic acids is 2. The molecule has 0 unspecified atom stereocenters. The average molecular weight is 305 g/mol. The lowest BCUT2D eigenvalue weighted by atomic mass is 10.2. The summed E-state index contributed by atoms with van der Waals surface area (Å²) in [7, 11) is 0. The Morgan fingerprint density at radius 3 is 1.95 bits per heavy atom. The minimum absolute atomic E-state index is 0.0398. The van der Waals surface area contributed by atoms with Crippen LogP contribution in [0.3, 0.4) is 0 Å². The molecule has 1 aromatic carbocycles. The second-order valence-electron chi connectivity index (χ2n) is 5.52. The maximum Gasteiger partial charge on any atom is 0.240 e. The molecule has 1 N–H and O–H groups in total. The van der Waals surface area contributed by atoms with Gasteiger partial charge in [-0.25, -0.2) is 0 Å². The molecule has 122 valence electrons. The highest BCUT2D eigenvalue weighted by Crippen LogP contribution is 2.21.